The predicted molar refractivity (Wildman–Crippen MR) is 95.4 cm³/mol. The van der Waals surface area contributed by atoms with Crippen LogP contribution in [0.3, 0.4) is 0 Å². The molecule has 0 spiro atoms. The van der Waals surface area contributed by atoms with E-state index in [9.17, 15) is 0 Å². The molecule has 0 heterocycles. The van der Waals surface area contributed by atoms with Crippen molar-refractivity contribution < 1.29 is 4.74 Å². The third-order valence-electron chi connectivity index (χ3n) is 3.90. The lowest BCUT2D eigenvalue weighted by Gasteiger charge is -2.21. The molecule has 0 amide bonds. The maximum Gasteiger partial charge on any atom is 0.123 e. The van der Waals surface area contributed by atoms with Gasteiger partial charge in [-0.15, -0.1) is 0 Å². The number of nitrogens with zero attached hydrogens (tertiary/aromatic N) is 1. The fourth-order valence-electron chi connectivity index (χ4n) is 2.52. The maximum absolute atomic E-state index is 5.58. The number of unbranched alkanes of at least 4 members (excludes halogenated alkanes) is 1. The molecule has 0 saturated heterocycles. The Morgan fingerprint density at radius 2 is 2.00 bits per heavy atom. The van der Waals surface area contributed by atoms with Crippen LogP contribution in [0.1, 0.15) is 51.7 Å². The van der Waals surface area contributed by atoms with Gasteiger partial charge in [-0.1, -0.05) is 46.2 Å². The van der Waals surface area contributed by atoms with Gasteiger partial charge in [-0.25, -0.2) is 0 Å². The molecular formula is C19H34N2O. The van der Waals surface area contributed by atoms with E-state index >= 15 is 0 Å². The summed E-state index contributed by atoms with van der Waals surface area (Å²) in [6.45, 7) is 14.1. The number of rotatable bonds is 11. The van der Waals surface area contributed by atoms with Crippen molar-refractivity contribution >= 4 is 0 Å². The van der Waals surface area contributed by atoms with Crippen molar-refractivity contribution in [2.45, 2.75) is 53.6 Å². The van der Waals surface area contributed by atoms with Crippen molar-refractivity contribution in [2.75, 3.05) is 26.7 Å². The zero-order chi connectivity index (χ0) is 16.4. The molecule has 0 aromatic heterocycles. The minimum absolute atomic E-state index is 0.668. The first-order valence-electron chi connectivity index (χ1n) is 8.69. The number of nitrogens with one attached hydrogen (secondary N) is 1. The van der Waals surface area contributed by atoms with Gasteiger partial charge in [0.25, 0.3) is 0 Å². The van der Waals surface area contributed by atoms with E-state index in [1.807, 2.05) is 0 Å². The summed E-state index contributed by atoms with van der Waals surface area (Å²) in [7, 11) is 1.76. The molecule has 1 aromatic rings. The quantitative estimate of drug-likeness (QED) is 0.667. The molecular weight excluding hydrogens is 272 g/mol. The van der Waals surface area contributed by atoms with E-state index in [4.69, 9.17) is 4.74 Å². The first-order chi connectivity index (χ1) is 10.6. The highest BCUT2D eigenvalue weighted by Gasteiger charge is 2.08. The summed E-state index contributed by atoms with van der Waals surface area (Å²) in [5.41, 5.74) is 2.57. The summed E-state index contributed by atoms with van der Waals surface area (Å²) < 4.78 is 5.58. The lowest BCUT2D eigenvalue weighted by atomic mass is 10.1. The summed E-state index contributed by atoms with van der Waals surface area (Å²) in [5.74, 6) is 1.67. The van der Waals surface area contributed by atoms with Crippen molar-refractivity contribution in [1.29, 1.82) is 0 Å². The second kappa shape index (κ2) is 10.6. The molecule has 1 N–H and O–H groups in total. The molecule has 22 heavy (non-hydrogen) atoms. The number of benzene rings is 1. The number of methoxy groups -OCH3 is 1. The molecule has 3 nitrogen and oxygen atoms in total. The molecule has 0 aliphatic carbocycles. The molecule has 0 atom stereocenters. The topological polar surface area (TPSA) is 24.5 Å². The standard InChI is InChI=1S/C19H34N2O/c1-6-8-11-21(7-2)15-17-9-10-18(19(12-17)22-5)14-20-13-16(3)4/h9-10,12,16,20H,6-8,11,13-15H2,1-5H3. The Morgan fingerprint density at radius 3 is 2.59 bits per heavy atom. The van der Waals surface area contributed by atoms with Crippen LogP contribution < -0.4 is 10.1 Å². The lowest BCUT2D eigenvalue weighted by molar-refractivity contribution is 0.275. The van der Waals surface area contributed by atoms with Gasteiger partial charge in [-0.3, -0.25) is 4.90 Å². The van der Waals surface area contributed by atoms with Gasteiger partial charge >= 0.3 is 0 Å². The van der Waals surface area contributed by atoms with Crippen molar-refractivity contribution in [2.24, 2.45) is 5.92 Å². The van der Waals surface area contributed by atoms with E-state index in [0.29, 0.717) is 5.92 Å². The Morgan fingerprint density at radius 1 is 1.23 bits per heavy atom. The second-order valence-corrected chi connectivity index (χ2v) is 6.39. The zero-order valence-corrected chi connectivity index (χ0v) is 15.1. The fraction of sp³-hybridized carbons (Fsp3) is 0.684. The Balaban J connectivity index is 2.66. The molecule has 0 bridgehead atoms. The minimum atomic E-state index is 0.668. The van der Waals surface area contributed by atoms with Gasteiger partial charge in [-0.2, -0.15) is 0 Å². The Labute approximate surface area is 137 Å². The molecule has 0 radical (unpaired) electrons. The SMILES string of the molecule is CCCCN(CC)Cc1ccc(CNCC(C)C)c(OC)c1. The smallest absolute Gasteiger partial charge is 0.123 e. The predicted octanol–water partition coefficient (Wildman–Crippen LogP) is 4.06. The van der Waals surface area contributed by atoms with Gasteiger partial charge in [0.05, 0.1) is 7.11 Å². The number of ether oxygens (including phenoxy) is 1. The van der Waals surface area contributed by atoms with Crippen LogP contribution in [0.2, 0.25) is 0 Å². The first-order valence-corrected chi connectivity index (χ1v) is 8.69. The molecule has 0 saturated carbocycles. The van der Waals surface area contributed by atoms with Gasteiger partial charge < -0.3 is 10.1 Å². The van der Waals surface area contributed by atoms with Crippen molar-refractivity contribution in [1.82, 2.24) is 10.2 Å². The zero-order valence-electron chi connectivity index (χ0n) is 15.1. The van der Waals surface area contributed by atoms with Gasteiger partial charge in [0.1, 0.15) is 5.75 Å². The average Bonchev–Trinajstić information content (AvgIpc) is 2.52. The van der Waals surface area contributed by atoms with Crippen LogP contribution in [-0.2, 0) is 13.1 Å². The van der Waals surface area contributed by atoms with Crippen LogP contribution in [0, 0.1) is 5.92 Å². The van der Waals surface area contributed by atoms with E-state index in [1.54, 1.807) is 7.11 Å². The van der Waals surface area contributed by atoms with Crippen molar-refractivity contribution in [3.8, 4) is 5.75 Å². The number of hydrogen-bond acceptors (Lipinski definition) is 3. The summed E-state index contributed by atoms with van der Waals surface area (Å²) in [4.78, 5) is 2.49. The maximum atomic E-state index is 5.58. The summed E-state index contributed by atoms with van der Waals surface area (Å²) in [5, 5.41) is 3.48. The molecule has 0 unspecified atom stereocenters. The highest BCUT2D eigenvalue weighted by atomic mass is 16.5. The largest absolute Gasteiger partial charge is 0.496 e. The highest BCUT2D eigenvalue weighted by Crippen LogP contribution is 2.21. The molecule has 1 rings (SSSR count). The monoisotopic (exact) mass is 306 g/mol. The molecule has 3 heteroatoms. The van der Waals surface area contributed by atoms with Crippen LogP contribution in [0.15, 0.2) is 18.2 Å². The van der Waals surface area contributed by atoms with E-state index < -0.39 is 0 Å². The third-order valence-corrected chi connectivity index (χ3v) is 3.90. The van der Waals surface area contributed by atoms with Crippen molar-refractivity contribution in [3.05, 3.63) is 29.3 Å². The van der Waals surface area contributed by atoms with Gasteiger partial charge in [0, 0.05) is 18.7 Å². The summed E-state index contributed by atoms with van der Waals surface area (Å²) >= 11 is 0. The fourth-order valence-corrected chi connectivity index (χ4v) is 2.52. The first kappa shape index (κ1) is 19.0. The second-order valence-electron chi connectivity index (χ2n) is 6.39. The van der Waals surface area contributed by atoms with Crippen LogP contribution in [0.25, 0.3) is 0 Å². The summed E-state index contributed by atoms with van der Waals surface area (Å²) in [6.07, 6.45) is 2.52. The van der Waals surface area contributed by atoms with Crippen molar-refractivity contribution in [3.63, 3.8) is 0 Å². The van der Waals surface area contributed by atoms with E-state index in [0.717, 1.165) is 31.9 Å². The molecule has 0 aliphatic rings. The average molecular weight is 306 g/mol. The Hall–Kier alpha value is -1.06. The van der Waals surface area contributed by atoms with Gasteiger partial charge in [0.2, 0.25) is 0 Å². The molecule has 126 valence electrons. The Kier molecular flexibility index (Phi) is 9.17. The lowest BCUT2D eigenvalue weighted by Crippen LogP contribution is -2.24. The molecule has 0 fully saturated rings. The Bertz CT molecular complexity index is 418. The van der Waals surface area contributed by atoms with E-state index in [2.05, 4.69) is 56.1 Å². The highest BCUT2D eigenvalue weighted by molar-refractivity contribution is 5.37. The van der Waals surface area contributed by atoms with E-state index in [-0.39, 0.29) is 0 Å². The van der Waals surface area contributed by atoms with E-state index in [1.165, 1.54) is 30.5 Å². The normalized spacial score (nSPS) is 11.4. The molecule has 1 aromatic carbocycles. The minimum Gasteiger partial charge on any atom is -0.496 e. The van der Waals surface area contributed by atoms with Crippen LogP contribution in [0.4, 0.5) is 0 Å². The van der Waals surface area contributed by atoms with Crippen LogP contribution in [0.5, 0.6) is 5.75 Å². The van der Waals surface area contributed by atoms with Crippen LogP contribution >= 0.6 is 0 Å². The number of hydrogen-bond donors (Lipinski definition) is 1. The molecule has 0 aliphatic heterocycles. The summed E-state index contributed by atoms with van der Waals surface area (Å²) in [6, 6.07) is 6.64. The third kappa shape index (κ3) is 6.80. The van der Waals surface area contributed by atoms with Crippen LogP contribution in [-0.4, -0.2) is 31.6 Å². The van der Waals surface area contributed by atoms with Gasteiger partial charge in [-0.05, 0) is 43.6 Å². The van der Waals surface area contributed by atoms with Gasteiger partial charge in [0.15, 0.2) is 0 Å².